The molecule has 1 rings (SSSR count). The molecule has 0 aromatic heterocycles. The van der Waals surface area contributed by atoms with Gasteiger partial charge in [-0.05, 0) is 18.6 Å². The Morgan fingerprint density at radius 3 is 2.47 bits per heavy atom. The van der Waals surface area contributed by atoms with E-state index in [2.05, 4.69) is 6.92 Å². The van der Waals surface area contributed by atoms with Crippen molar-refractivity contribution in [2.24, 2.45) is 0 Å². The zero-order valence-corrected chi connectivity index (χ0v) is 12.2. The first-order valence-electron chi connectivity index (χ1n) is 7.22. The third-order valence-corrected chi connectivity index (χ3v) is 3.20. The van der Waals surface area contributed by atoms with Crippen molar-refractivity contribution in [1.29, 1.82) is 0 Å². The van der Waals surface area contributed by atoms with Gasteiger partial charge < -0.3 is 14.6 Å². The van der Waals surface area contributed by atoms with Gasteiger partial charge >= 0.3 is 0 Å². The van der Waals surface area contributed by atoms with Gasteiger partial charge in [0.25, 0.3) is 0 Å². The lowest BCUT2D eigenvalue weighted by Crippen LogP contribution is -2.01. The van der Waals surface area contributed by atoms with Gasteiger partial charge in [-0.1, -0.05) is 39.0 Å². The highest BCUT2D eigenvalue weighted by atomic mass is 16.5. The number of aliphatic hydroxyl groups is 1. The third kappa shape index (κ3) is 5.97. The van der Waals surface area contributed by atoms with Gasteiger partial charge in [-0.3, -0.25) is 0 Å². The van der Waals surface area contributed by atoms with Gasteiger partial charge in [0, 0.05) is 11.6 Å². The summed E-state index contributed by atoms with van der Waals surface area (Å²) in [6, 6.07) is 5.52. The summed E-state index contributed by atoms with van der Waals surface area (Å²) in [6.45, 7) is 2.92. The van der Waals surface area contributed by atoms with Crippen molar-refractivity contribution < 1.29 is 14.6 Å². The van der Waals surface area contributed by atoms with E-state index in [1.165, 1.54) is 32.1 Å². The molecule has 0 heterocycles. The van der Waals surface area contributed by atoms with E-state index in [0.29, 0.717) is 6.61 Å². The molecule has 1 N–H and O–H groups in total. The lowest BCUT2D eigenvalue weighted by molar-refractivity contribution is 0.259. The van der Waals surface area contributed by atoms with Gasteiger partial charge in [0.15, 0.2) is 0 Å². The molecule has 19 heavy (non-hydrogen) atoms. The summed E-state index contributed by atoms with van der Waals surface area (Å²) in [5.41, 5.74) is 0.812. The van der Waals surface area contributed by atoms with Crippen molar-refractivity contribution in [3.63, 3.8) is 0 Å². The number of hydrogen-bond acceptors (Lipinski definition) is 3. The summed E-state index contributed by atoms with van der Waals surface area (Å²) < 4.78 is 10.9. The fourth-order valence-corrected chi connectivity index (χ4v) is 1.99. The Kier molecular flexibility index (Phi) is 8.07. The van der Waals surface area contributed by atoms with Crippen LogP contribution in [-0.4, -0.2) is 18.8 Å². The van der Waals surface area contributed by atoms with Gasteiger partial charge in [-0.25, -0.2) is 0 Å². The molecular weight excluding hydrogens is 240 g/mol. The molecule has 0 aliphatic heterocycles. The maximum absolute atomic E-state index is 9.26. The van der Waals surface area contributed by atoms with Crippen molar-refractivity contribution in [1.82, 2.24) is 0 Å². The Hall–Kier alpha value is -1.22. The Bertz CT molecular complexity index is 350. The summed E-state index contributed by atoms with van der Waals surface area (Å²) in [5.74, 6) is 1.49. The highest BCUT2D eigenvalue weighted by Gasteiger charge is 2.04. The summed E-state index contributed by atoms with van der Waals surface area (Å²) >= 11 is 0. The van der Waals surface area contributed by atoms with E-state index in [0.717, 1.165) is 23.5 Å². The van der Waals surface area contributed by atoms with Crippen LogP contribution in [0.5, 0.6) is 11.5 Å². The molecule has 108 valence electrons. The molecule has 1 aromatic carbocycles. The molecular formula is C16H26O3. The number of ether oxygens (including phenoxy) is 2. The standard InChI is InChI=1S/C16H26O3/c1-3-4-5-6-7-8-11-19-16-12-15(18-2)10-9-14(16)13-17/h9-10,12,17H,3-8,11,13H2,1-2H3. The molecule has 3 heteroatoms. The first-order chi connectivity index (χ1) is 9.31. The molecule has 1 aromatic rings. The van der Waals surface area contributed by atoms with Crippen LogP contribution in [0.4, 0.5) is 0 Å². The Balaban J connectivity index is 2.31. The molecule has 3 nitrogen and oxygen atoms in total. The molecule has 0 saturated heterocycles. The average molecular weight is 266 g/mol. The predicted molar refractivity (Wildman–Crippen MR) is 77.8 cm³/mol. The van der Waals surface area contributed by atoms with Crippen LogP contribution in [0.2, 0.25) is 0 Å². The fourth-order valence-electron chi connectivity index (χ4n) is 1.99. The number of methoxy groups -OCH3 is 1. The topological polar surface area (TPSA) is 38.7 Å². The van der Waals surface area contributed by atoms with Crippen molar-refractivity contribution in [3.05, 3.63) is 23.8 Å². The summed E-state index contributed by atoms with van der Waals surface area (Å²) in [6.07, 6.45) is 7.47. The van der Waals surface area contributed by atoms with Crippen molar-refractivity contribution in [2.45, 2.75) is 52.1 Å². The number of rotatable bonds is 10. The minimum absolute atomic E-state index is 0.00414. The van der Waals surface area contributed by atoms with Crippen LogP contribution in [-0.2, 0) is 6.61 Å². The van der Waals surface area contributed by atoms with Crippen LogP contribution in [0.1, 0.15) is 51.0 Å². The second-order valence-corrected chi connectivity index (χ2v) is 4.75. The van der Waals surface area contributed by atoms with E-state index >= 15 is 0 Å². The zero-order chi connectivity index (χ0) is 13.9. The van der Waals surface area contributed by atoms with Crippen LogP contribution >= 0.6 is 0 Å². The van der Waals surface area contributed by atoms with Crippen LogP contribution in [0.15, 0.2) is 18.2 Å². The number of unbranched alkanes of at least 4 members (excludes halogenated alkanes) is 5. The lowest BCUT2D eigenvalue weighted by atomic mass is 10.1. The summed E-state index contributed by atoms with van der Waals surface area (Å²) in [7, 11) is 1.63. The third-order valence-electron chi connectivity index (χ3n) is 3.20. The molecule has 0 saturated carbocycles. The summed E-state index contributed by atoms with van der Waals surface area (Å²) in [5, 5.41) is 9.26. The average Bonchev–Trinajstić information content (AvgIpc) is 2.46. The first-order valence-corrected chi connectivity index (χ1v) is 7.22. The second kappa shape index (κ2) is 9.68. The van der Waals surface area contributed by atoms with Gasteiger partial charge in [0.1, 0.15) is 11.5 Å². The number of hydrogen-bond donors (Lipinski definition) is 1. The van der Waals surface area contributed by atoms with E-state index in [1.807, 2.05) is 18.2 Å². The highest BCUT2D eigenvalue weighted by Crippen LogP contribution is 2.25. The Morgan fingerprint density at radius 2 is 1.79 bits per heavy atom. The predicted octanol–water partition coefficient (Wildman–Crippen LogP) is 3.93. The molecule has 0 aliphatic carbocycles. The molecule has 0 radical (unpaired) electrons. The quantitative estimate of drug-likeness (QED) is 0.652. The largest absolute Gasteiger partial charge is 0.497 e. The van der Waals surface area contributed by atoms with Crippen LogP contribution in [0, 0.1) is 0 Å². The van der Waals surface area contributed by atoms with E-state index in [1.54, 1.807) is 7.11 Å². The number of aliphatic hydroxyl groups excluding tert-OH is 1. The van der Waals surface area contributed by atoms with E-state index in [-0.39, 0.29) is 6.61 Å². The van der Waals surface area contributed by atoms with Gasteiger partial charge in [0.05, 0.1) is 20.3 Å². The minimum Gasteiger partial charge on any atom is -0.497 e. The van der Waals surface area contributed by atoms with E-state index < -0.39 is 0 Å². The molecule has 0 unspecified atom stereocenters. The maximum atomic E-state index is 9.26. The molecule has 0 spiro atoms. The van der Waals surface area contributed by atoms with Crippen molar-refractivity contribution >= 4 is 0 Å². The molecule has 0 aliphatic rings. The smallest absolute Gasteiger partial charge is 0.128 e. The van der Waals surface area contributed by atoms with Crippen molar-refractivity contribution in [2.75, 3.05) is 13.7 Å². The van der Waals surface area contributed by atoms with E-state index in [4.69, 9.17) is 9.47 Å². The lowest BCUT2D eigenvalue weighted by Gasteiger charge is -2.11. The van der Waals surface area contributed by atoms with Crippen LogP contribution in [0.25, 0.3) is 0 Å². The molecule has 0 bridgehead atoms. The fraction of sp³-hybridized carbons (Fsp3) is 0.625. The Morgan fingerprint density at radius 1 is 1.05 bits per heavy atom. The SMILES string of the molecule is CCCCCCCCOc1cc(OC)ccc1CO. The van der Waals surface area contributed by atoms with Crippen LogP contribution in [0.3, 0.4) is 0 Å². The highest BCUT2D eigenvalue weighted by molar-refractivity contribution is 5.40. The van der Waals surface area contributed by atoms with Crippen molar-refractivity contribution in [3.8, 4) is 11.5 Å². The maximum Gasteiger partial charge on any atom is 0.128 e. The minimum atomic E-state index is -0.00414. The second-order valence-electron chi connectivity index (χ2n) is 4.75. The van der Waals surface area contributed by atoms with Gasteiger partial charge in [-0.2, -0.15) is 0 Å². The summed E-state index contributed by atoms with van der Waals surface area (Å²) in [4.78, 5) is 0. The zero-order valence-electron chi connectivity index (χ0n) is 12.2. The van der Waals surface area contributed by atoms with Gasteiger partial charge in [-0.15, -0.1) is 0 Å². The van der Waals surface area contributed by atoms with E-state index in [9.17, 15) is 5.11 Å². The molecule has 0 atom stereocenters. The monoisotopic (exact) mass is 266 g/mol. The molecule has 0 fully saturated rings. The Labute approximate surface area is 116 Å². The van der Waals surface area contributed by atoms with Gasteiger partial charge in [0.2, 0.25) is 0 Å². The van der Waals surface area contributed by atoms with Crippen LogP contribution < -0.4 is 9.47 Å². The number of benzene rings is 1. The first kappa shape index (κ1) is 15.8. The normalized spacial score (nSPS) is 10.5. The molecule has 0 amide bonds.